The first kappa shape index (κ1) is 18.6. The summed E-state index contributed by atoms with van der Waals surface area (Å²) in [5.74, 6) is 0.344. The van der Waals surface area contributed by atoms with Gasteiger partial charge in [-0.05, 0) is 18.9 Å². The summed E-state index contributed by atoms with van der Waals surface area (Å²) in [4.78, 5) is 17.6. The number of benzene rings is 1. The molecule has 0 atom stereocenters. The Morgan fingerprint density at radius 1 is 1.32 bits per heavy atom. The Kier molecular flexibility index (Phi) is 7.51. The summed E-state index contributed by atoms with van der Waals surface area (Å²) in [6.45, 7) is 4.80. The first-order valence-electron chi connectivity index (χ1n) is 7.18. The fourth-order valence-corrected chi connectivity index (χ4v) is 3.03. The van der Waals surface area contributed by atoms with Crippen LogP contribution in [0.4, 0.5) is 5.13 Å². The predicted octanol–water partition coefficient (Wildman–Crippen LogP) is 4.03. The number of nitrogens with two attached hydrogens (primary N) is 1. The number of thiazole rings is 1. The lowest BCUT2D eigenvalue weighted by molar-refractivity contribution is -0.116. The van der Waals surface area contributed by atoms with E-state index in [2.05, 4.69) is 24.1 Å². The molecule has 6 heteroatoms. The molecule has 1 heterocycles. The second kappa shape index (κ2) is 8.88. The van der Waals surface area contributed by atoms with Gasteiger partial charge in [0, 0.05) is 16.9 Å². The summed E-state index contributed by atoms with van der Waals surface area (Å²) in [6.07, 6.45) is 1.13. The zero-order valence-corrected chi connectivity index (χ0v) is 14.5. The number of hydrogen-bond donors (Lipinski definition) is 2. The number of rotatable bonds is 6. The number of carbonyl (C=O) groups is 1. The molecule has 2 rings (SSSR count). The van der Waals surface area contributed by atoms with Crippen LogP contribution in [0.5, 0.6) is 0 Å². The maximum atomic E-state index is 11.8. The third kappa shape index (κ3) is 4.80. The minimum atomic E-state index is -0.0240. The van der Waals surface area contributed by atoms with Crippen molar-refractivity contribution in [2.24, 2.45) is 5.73 Å². The SMILES string of the molecule is CC(C)c1sc(NC(=O)CCCN)nc1-c1ccccc1.Cl. The Bertz CT molecular complexity index is 599. The van der Waals surface area contributed by atoms with Crippen LogP contribution in [-0.2, 0) is 4.79 Å². The van der Waals surface area contributed by atoms with Crippen molar-refractivity contribution >= 4 is 34.8 Å². The van der Waals surface area contributed by atoms with Gasteiger partial charge in [-0.15, -0.1) is 23.7 Å². The molecule has 22 heavy (non-hydrogen) atoms. The zero-order valence-electron chi connectivity index (χ0n) is 12.8. The van der Waals surface area contributed by atoms with Gasteiger partial charge >= 0.3 is 0 Å². The molecule has 0 radical (unpaired) electrons. The van der Waals surface area contributed by atoms with Crippen LogP contribution >= 0.6 is 23.7 Å². The van der Waals surface area contributed by atoms with E-state index in [0.717, 1.165) is 11.3 Å². The van der Waals surface area contributed by atoms with Crippen molar-refractivity contribution in [2.45, 2.75) is 32.6 Å². The molecule has 2 aromatic rings. The maximum Gasteiger partial charge on any atom is 0.226 e. The number of nitrogens with one attached hydrogen (secondary N) is 1. The lowest BCUT2D eigenvalue weighted by Gasteiger charge is -2.04. The average Bonchev–Trinajstić information content (AvgIpc) is 2.90. The summed E-state index contributed by atoms with van der Waals surface area (Å²) in [5, 5.41) is 3.54. The molecule has 0 bridgehead atoms. The van der Waals surface area contributed by atoms with Crippen LogP contribution < -0.4 is 11.1 Å². The van der Waals surface area contributed by atoms with Crippen LogP contribution in [0.1, 0.15) is 37.5 Å². The van der Waals surface area contributed by atoms with Gasteiger partial charge in [0.2, 0.25) is 5.91 Å². The molecule has 0 aliphatic heterocycles. The van der Waals surface area contributed by atoms with E-state index >= 15 is 0 Å². The van der Waals surface area contributed by atoms with Crippen molar-refractivity contribution in [3.8, 4) is 11.3 Å². The van der Waals surface area contributed by atoms with Crippen LogP contribution in [0.2, 0.25) is 0 Å². The van der Waals surface area contributed by atoms with E-state index in [0.29, 0.717) is 30.4 Å². The third-order valence-electron chi connectivity index (χ3n) is 3.08. The molecule has 4 nitrogen and oxygen atoms in total. The number of aromatic nitrogens is 1. The van der Waals surface area contributed by atoms with Gasteiger partial charge in [-0.2, -0.15) is 0 Å². The van der Waals surface area contributed by atoms with Crippen LogP contribution in [-0.4, -0.2) is 17.4 Å². The summed E-state index contributed by atoms with van der Waals surface area (Å²) in [5.41, 5.74) is 7.47. The number of hydrogen-bond acceptors (Lipinski definition) is 4. The Morgan fingerprint density at radius 3 is 2.59 bits per heavy atom. The highest BCUT2D eigenvalue weighted by Gasteiger charge is 2.16. The molecule has 1 amide bonds. The van der Waals surface area contributed by atoms with Crippen LogP contribution in [0.15, 0.2) is 30.3 Å². The van der Waals surface area contributed by atoms with Crippen molar-refractivity contribution < 1.29 is 4.79 Å². The molecule has 3 N–H and O–H groups in total. The number of amides is 1. The van der Waals surface area contributed by atoms with Gasteiger partial charge in [0.15, 0.2) is 5.13 Å². The standard InChI is InChI=1S/C16H21N3OS.ClH/c1-11(2)15-14(12-7-4-3-5-8-12)19-16(21-15)18-13(20)9-6-10-17;/h3-5,7-8,11H,6,9-10,17H2,1-2H3,(H,18,19,20);1H. The Morgan fingerprint density at radius 2 is 2.00 bits per heavy atom. The highest BCUT2D eigenvalue weighted by molar-refractivity contribution is 7.16. The van der Waals surface area contributed by atoms with Gasteiger partial charge in [-0.25, -0.2) is 4.98 Å². The van der Waals surface area contributed by atoms with Crippen LogP contribution in [0.3, 0.4) is 0 Å². The quantitative estimate of drug-likeness (QED) is 0.834. The summed E-state index contributed by atoms with van der Waals surface area (Å²) in [7, 11) is 0. The number of anilines is 1. The summed E-state index contributed by atoms with van der Waals surface area (Å²) in [6, 6.07) is 10.1. The van der Waals surface area contributed by atoms with Gasteiger partial charge in [0.25, 0.3) is 0 Å². The van der Waals surface area contributed by atoms with Gasteiger partial charge in [-0.3, -0.25) is 4.79 Å². The maximum absolute atomic E-state index is 11.8. The largest absolute Gasteiger partial charge is 0.330 e. The Labute approximate surface area is 141 Å². The van der Waals surface area contributed by atoms with Crippen LogP contribution in [0.25, 0.3) is 11.3 Å². The van der Waals surface area contributed by atoms with Gasteiger partial charge in [-0.1, -0.05) is 44.2 Å². The Hall–Kier alpha value is -1.43. The minimum Gasteiger partial charge on any atom is -0.330 e. The van der Waals surface area contributed by atoms with Crippen molar-refractivity contribution in [2.75, 3.05) is 11.9 Å². The highest BCUT2D eigenvalue weighted by Crippen LogP contribution is 2.36. The highest BCUT2D eigenvalue weighted by atomic mass is 35.5. The monoisotopic (exact) mass is 339 g/mol. The number of halogens is 1. The van der Waals surface area contributed by atoms with Crippen molar-refractivity contribution in [1.29, 1.82) is 0 Å². The molecular weight excluding hydrogens is 318 g/mol. The van der Waals surface area contributed by atoms with Gasteiger partial charge in [0.1, 0.15) is 0 Å². The lowest BCUT2D eigenvalue weighted by atomic mass is 10.1. The molecular formula is C16H22ClN3OS. The smallest absolute Gasteiger partial charge is 0.226 e. The first-order valence-corrected chi connectivity index (χ1v) is 7.99. The molecule has 0 saturated carbocycles. The van der Waals surface area contributed by atoms with Gasteiger partial charge in [0.05, 0.1) is 5.69 Å². The fraction of sp³-hybridized carbons (Fsp3) is 0.375. The fourth-order valence-electron chi connectivity index (χ4n) is 2.02. The molecule has 1 aromatic carbocycles. The van der Waals surface area contributed by atoms with E-state index in [1.807, 2.05) is 30.3 Å². The second-order valence-corrected chi connectivity index (χ2v) is 6.22. The molecule has 0 saturated heterocycles. The van der Waals surface area contributed by atoms with E-state index in [-0.39, 0.29) is 18.3 Å². The van der Waals surface area contributed by atoms with Crippen LogP contribution in [0, 0.1) is 0 Å². The first-order chi connectivity index (χ1) is 10.1. The minimum absolute atomic E-state index is 0. The normalized spacial score (nSPS) is 10.4. The van der Waals surface area contributed by atoms with Crippen molar-refractivity contribution in [3.05, 3.63) is 35.2 Å². The topological polar surface area (TPSA) is 68.0 Å². The van der Waals surface area contributed by atoms with E-state index in [1.54, 1.807) is 11.3 Å². The molecule has 0 aliphatic rings. The molecule has 1 aromatic heterocycles. The number of nitrogens with zero attached hydrogens (tertiary/aromatic N) is 1. The van der Waals surface area contributed by atoms with Gasteiger partial charge < -0.3 is 11.1 Å². The molecule has 0 unspecified atom stereocenters. The summed E-state index contributed by atoms with van der Waals surface area (Å²) >= 11 is 1.55. The van der Waals surface area contributed by atoms with Crippen molar-refractivity contribution in [1.82, 2.24) is 4.98 Å². The van der Waals surface area contributed by atoms with E-state index in [9.17, 15) is 4.79 Å². The van der Waals surface area contributed by atoms with E-state index < -0.39 is 0 Å². The molecule has 0 spiro atoms. The van der Waals surface area contributed by atoms with E-state index in [4.69, 9.17) is 5.73 Å². The predicted molar refractivity (Wildman–Crippen MR) is 95.8 cm³/mol. The second-order valence-electron chi connectivity index (χ2n) is 5.19. The summed E-state index contributed by atoms with van der Waals surface area (Å²) < 4.78 is 0. The molecule has 120 valence electrons. The molecule has 0 fully saturated rings. The molecule has 0 aliphatic carbocycles. The lowest BCUT2D eigenvalue weighted by Crippen LogP contribution is -2.13. The third-order valence-corrected chi connectivity index (χ3v) is 4.35. The average molecular weight is 340 g/mol. The zero-order chi connectivity index (χ0) is 15.2. The Balaban J connectivity index is 0.00000242. The number of carbonyl (C=O) groups excluding carboxylic acids is 1. The van der Waals surface area contributed by atoms with E-state index in [1.165, 1.54) is 4.88 Å². The van der Waals surface area contributed by atoms with Crippen molar-refractivity contribution in [3.63, 3.8) is 0 Å².